The minimum Gasteiger partial charge on any atom is -0.489 e. The maximum atomic E-state index is 5.80. The number of para-hydroxylation sites is 1. The lowest BCUT2D eigenvalue weighted by Crippen LogP contribution is -2.02. The summed E-state index contributed by atoms with van der Waals surface area (Å²) in [6, 6.07) is 11.4. The van der Waals surface area contributed by atoms with Gasteiger partial charge in [0.1, 0.15) is 17.5 Å². The van der Waals surface area contributed by atoms with E-state index in [2.05, 4.69) is 4.98 Å². The van der Waals surface area contributed by atoms with Gasteiger partial charge in [-0.2, -0.15) is 0 Å². The highest BCUT2D eigenvalue weighted by atomic mass is 35.5. The largest absolute Gasteiger partial charge is 0.489 e. The van der Waals surface area contributed by atoms with Crippen LogP contribution in [0.3, 0.4) is 0 Å². The minimum absolute atomic E-state index is 0.458. The Kier molecular flexibility index (Phi) is 3.96. The van der Waals surface area contributed by atoms with Crippen LogP contribution in [0.15, 0.2) is 42.6 Å². The molecule has 2 aromatic rings. The predicted octanol–water partition coefficient (Wildman–Crippen LogP) is 2.77. The van der Waals surface area contributed by atoms with E-state index in [1.54, 1.807) is 12.3 Å². The molecule has 2 rings (SSSR count). The maximum absolute atomic E-state index is 5.80. The van der Waals surface area contributed by atoms with E-state index in [1.165, 1.54) is 0 Å². The highest BCUT2D eigenvalue weighted by Crippen LogP contribution is 2.19. The van der Waals surface area contributed by atoms with Crippen LogP contribution in [-0.4, -0.2) is 4.98 Å². The Bertz CT molecular complexity index is 502. The van der Waals surface area contributed by atoms with Crippen molar-refractivity contribution >= 4 is 11.6 Å². The third-order valence-corrected chi connectivity index (χ3v) is 2.58. The fraction of sp³-hybridized carbons (Fsp3) is 0.154. The van der Waals surface area contributed by atoms with Crippen molar-refractivity contribution in [2.75, 3.05) is 0 Å². The number of hydrogen-bond acceptors (Lipinski definition) is 3. The molecule has 88 valence electrons. The second-order valence-electron chi connectivity index (χ2n) is 3.59. The molecule has 1 aromatic carbocycles. The molecule has 0 atom stereocenters. The van der Waals surface area contributed by atoms with Gasteiger partial charge in [-0.3, -0.25) is 0 Å². The van der Waals surface area contributed by atoms with Gasteiger partial charge in [-0.05, 0) is 23.8 Å². The third-order valence-electron chi connectivity index (χ3n) is 2.38. The fourth-order valence-electron chi connectivity index (χ4n) is 1.51. The van der Waals surface area contributed by atoms with E-state index in [0.717, 1.165) is 16.9 Å². The van der Waals surface area contributed by atoms with Gasteiger partial charge in [0.05, 0.1) is 0 Å². The molecule has 0 fully saturated rings. The minimum atomic E-state index is 0.458. The monoisotopic (exact) mass is 248 g/mol. The topological polar surface area (TPSA) is 48.1 Å². The fourth-order valence-corrected chi connectivity index (χ4v) is 1.70. The number of aromatic nitrogens is 1. The lowest BCUT2D eigenvalue weighted by atomic mass is 10.2. The summed E-state index contributed by atoms with van der Waals surface area (Å²) < 4.78 is 5.70. The lowest BCUT2D eigenvalue weighted by Gasteiger charge is -2.10. The number of benzene rings is 1. The van der Waals surface area contributed by atoms with Crippen LogP contribution in [0.2, 0.25) is 5.15 Å². The Balaban J connectivity index is 2.07. The van der Waals surface area contributed by atoms with Crippen molar-refractivity contribution in [1.82, 2.24) is 4.98 Å². The Hall–Kier alpha value is -1.58. The summed E-state index contributed by atoms with van der Waals surface area (Å²) in [4.78, 5) is 3.92. The molecule has 1 heterocycles. The molecule has 0 spiro atoms. The normalized spacial score (nSPS) is 10.2. The molecule has 0 aliphatic carbocycles. The van der Waals surface area contributed by atoms with Crippen LogP contribution in [0.1, 0.15) is 11.1 Å². The molecule has 0 saturated heterocycles. The van der Waals surface area contributed by atoms with Gasteiger partial charge in [-0.25, -0.2) is 4.98 Å². The highest BCUT2D eigenvalue weighted by Gasteiger charge is 2.01. The number of nitrogens with zero attached hydrogens (tertiary/aromatic N) is 1. The summed E-state index contributed by atoms with van der Waals surface area (Å²) in [6.07, 6.45) is 1.66. The molecule has 0 saturated carbocycles. The van der Waals surface area contributed by atoms with Crippen molar-refractivity contribution < 1.29 is 4.74 Å². The van der Waals surface area contributed by atoms with Gasteiger partial charge in [0, 0.05) is 18.3 Å². The van der Waals surface area contributed by atoms with E-state index in [0.29, 0.717) is 18.3 Å². The van der Waals surface area contributed by atoms with Crippen LogP contribution in [-0.2, 0) is 13.2 Å². The Morgan fingerprint density at radius 1 is 1.24 bits per heavy atom. The van der Waals surface area contributed by atoms with Crippen molar-refractivity contribution in [2.24, 2.45) is 5.73 Å². The lowest BCUT2D eigenvalue weighted by molar-refractivity contribution is 0.303. The molecular weight excluding hydrogens is 236 g/mol. The van der Waals surface area contributed by atoms with E-state index in [1.807, 2.05) is 30.3 Å². The van der Waals surface area contributed by atoms with E-state index in [-0.39, 0.29) is 0 Å². The molecule has 0 radical (unpaired) electrons. The van der Waals surface area contributed by atoms with Crippen molar-refractivity contribution in [3.05, 3.63) is 58.9 Å². The summed E-state index contributed by atoms with van der Waals surface area (Å²) in [5.74, 6) is 0.808. The van der Waals surface area contributed by atoms with Gasteiger partial charge in [0.25, 0.3) is 0 Å². The second-order valence-corrected chi connectivity index (χ2v) is 3.97. The van der Waals surface area contributed by atoms with Crippen LogP contribution >= 0.6 is 11.6 Å². The summed E-state index contributed by atoms with van der Waals surface area (Å²) in [5, 5.41) is 0.471. The van der Waals surface area contributed by atoms with Crippen molar-refractivity contribution in [2.45, 2.75) is 13.2 Å². The van der Waals surface area contributed by atoms with Gasteiger partial charge < -0.3 is 10.5 Å². The molecule has 4 heteroatoms. The first kappa shape index (κ1) is 11.9. The van der Waals surface area contributed by atoms with Gasteiger partial charge in [0.15, 0.2) is 0 Å². The molecular formula is C13H13ClN2O. The zero-order valence-corrected chi connectivity index (χ0v) is 10.0. The van der Waals surface area contributed by atoms with E-state index >= 15 is 0 Å². The van der Waals surface area contributed by atoms with Crippen LogP contribution in [0.4, 0.5) is 0 Å². The van der Waals surface area contributed by atoms with Crippen LogP contribution in [0, 0.1) is 0 Å². The average molecular weight is 249 g/mol. The first-order chi connectivity index (χ1) is 8.29. The highest BCUT2D eigenvalue weighted by molar-refractivity contribution is 6.29. The predicted molar refractivity (Wildman–Crippen MR) is 67.9 cm³/mol. The molecule has 0 aliphatic rings. The average Bonchev–Trinajstić information content (AvgIpc) is 2.37. The van der Waals surface area contributed by atoms with E-state index < -0.39 is 0 Å². The van der Waals surface area contributed by atoms with Crippen LogP contribution < -0.4 is 10.5 Å². The van der Waals surface area contributed by atoms with Crippen molar-refractivity contribution in [1.29, 1.82) is 0 Å². The molecule has 0 bridgehead atoms. The zero-order chi connectivity index (χ0) is 12.1. The standard InChI is InChI=1S/C13H13ClN2O/c14-13-7-10(5-6-16-13)9-17-12-4-2-1-3-11(12)8-15/h1-7H,8-9,15H2. The smallest absolute Gasteiger partial charge is 0.129 e. The summed E-state index contributed by atoms with van der Waals surface area (Å²) >= 11 is 5.80. The van der Waals surface area contributed by atoms with Crippen LogP contribution in [0.25, 0.3) is 0 Å². The first-order valence-electron chi connectivity index (χ1n) is 5.31. The Morgan fingerprint density at radius 2 is 2.06 bits per heavy atom. The summed E-state index contributed by atoms with van der Waals surface area (Å²) in [6.45, 7) is 0.923. The quantitative estimate of drug-likeness (QED) is 0.847. The first-order valence-corrected chi connectivity index (χ1v) is 5.68. The van der Waals surface area contributed by atoms with Crippen LogP contribution in [0.5, 0.6) is 5.75 Å². The van der Waals surface area contributed by atoms with Gasteiger partial charge >= 0.3 is 0 Å². The summed E-state index contributed by atoms with van der Waals surface area (Å²) in [7, 11) is 0. The molecule has 0 unspecified atom stereocenters. The number of pyridine rings is 1. The van der Waals surface area contributed by atoms with Crippen molar-refractivity contribution in [3.63, 3.8) is 0 Å². The Morgan fingerprint density at radius 3 is 2.82 bits per heavy atom. The number of nitrogens with two attached hydrogens (primary N) is 1. The molecule has 3 nitrogen and oxygen atoms in total. The van der Waals surface area contributed by atoms with Gasteiger partial charge in [-0.15, -0.1) is 0 Å². The number of hydrogen-bond donors (Lipinski definition) is 1. The molecule has 17 heavy (non-hydrogen) atoms. The van der Waals surface area contributed by atoms with E-state index in [4.69, 9.17) is 22.1 Å². The molecule has 1 aromatic heterocycles. The van der Waals surface area contributed by atoms with E-state index in [9.17, 15) is 0 Å². The number of halogens is 1. The van der Waals surface area contributed by atoms with Gasteiger partial charge in [-0.1, -0.05) is 29.8 Å². The molecule has 2 N–H and O–H groups in total. The molecule has 0 amide bonds. The third kappa shape index (κ3) is 3.19. The van der Waals surface area contributed by atoms with Gasteiger partial charge in [0.2, 0.25) is 0 Å². The zero-order valence-electron chi connectivity index (χ0n) is 9.27. The number of rotatable bonds is 4. The Labute approximate surface area is 105 Å². The summed E-state index contributed by atoms with van der Waals surface area (Å²) in [5.41, 5.74) is 7.61. The maximum Gasteiger partial charge on any atom is 0.129 e. The SMILES string of the molecule is NCc1ccccc1OCc1ccnc(Cl)c1. The van der Waals surface area contributed by atoms with Crippen molar-refractivity contribution in [3.8, 4) is 5.75 Å². The number of ether oxygens (including phenoxy) is 1. The molecule has 0 aliphatic heterocycles. The second kappa shape index (κ2) is 5.66.